The van der Waals surface area contributed by atoms with Crippen molar-refractivity contribution in [2.45, 2.75) is 11.4 Å². The summed E-state index contributed by atoms with van der Waals surface area (Å²) in [5.74, 6) is 0. The highest BCUT2D eigenvalue weighted by atomic mass is 32.2. The van der Waals surface area contributed by atoms with E-state index >= 15 is 0 Å². The Balaban J connectivity index is 2.14. The van der Waals surface area contributed by atoms with Gasteiger partial charge < -0.3 is 5.73 Å². The molecule has 0 saturated carbocycles. The second-order valence-corrected chi connectivity index (χ2v) is 5.27. The first-order valence-corrected chi connectivity index (χ1v) is 6.39. The van der Waals surface area contributed by atoms with Gasteiger partial charge in [0.15, 0.2) is 0 Å². The number of hydrogen-bond acceptors (Lipinski definition) is 4. The van der Waals surface area contributed by atoms with E-state index < -0.39 is 10.0 Å². The van der Waals surface area contributed by atoms with Crippen LogP contribution in [0.25, 0.3) is 0 Å². The first-order chi connectivity index (χ1) is 8.08. The minimum absolute atomic E-state index is 0.154. The van der Waals surface area contributed by atoms with Gasteiger partial charge in [0.1, 0.15) is 0 Å². The molecular formula is C10H12N4O2S. The molecule has 0 aliphatic heterocycles. The van der Waals surface area contributed by atoms with E-state index in [1.54, 1.807) is 24.5 Å². The van der Waals surface area contributed by atoms with Crippen LogP contribution in [-0.4, -0.2) is 18.6 Å². The van der Waals surface area contributed by atoms with Crippen LogP contribution in [0.4, 0.5) is 5.69 Å². The maximum atomic E-state index is 11.9. The van der Waals surface area contributed by atoms with Crippen LogP contribution in [0.5, 0.6) is 0 Å². The molecule has 7 heteroatoms. The van der Waals surface area contributed by atoms with Crippen LogP contribution in [0.1, 0.15) is 5.56 Å². The fraction of sp³-hybridized carbons (Fsp3) is 0.100. The number of aromatic amines is 1. The Morgan fingerprint density at radius 2 is 2.24 bits per heavy atom. The van der Waals surface area contributed by atoms with Crippen LogP contribution in [0, 0.1) is 0 Å². The lowest BCUT2D eigenvalue weighted by Gasteiger charge is -2.05. The summed E-state index contributed by atoms with van der Waals surface area (Å²) < 4.78 is 26.2. The molecule has 2 aromatic rings. The van der Waals surface area contributed by atoms with Crippen LogP contribution in [0.15, 0.2) is 41.6 Å². The van der Waals surface area contributed by atoms with E-state index in [1.807, 2.05) is 0 Å². The summed E-state index contributed by atoms with van der Waals surface area (Å²) >= 11 is 0. The van der Waals surface area contributed by atoms with Crippen molar-refractivity contribution in [1.82, 2.24) is 14.9 Å². The van der Waals surface area contributed by atoms with Crippen LogP contribution in [-0.2, 0) is 16.6 Å². The van der Waals surface area contributed by atoms with Crippen molar-refractivity contribution in [2.24, 2.45) is 0 Å². The molecule has 1 aromatic heterocycles. The van der Waals surface area contributed by atoms with Crippen LogP contribution < -0.4 is 10.5 Å². The number of sulfonamides is 1. The normalized spacial score (nSPS) is 11.5. The van der Waals surface area contributed by atoms with Gasteiger partial charge in [-0.15, -0.1) is 0 Å². The Labute approximate surface area is 98.9 Å². The second-order valence-electron chi connectivity index (χ2n) is 3.50. The van der Waals surface area contributed by atoms with E-state index in [9.17, 15) is 8.42 Å². The number of hydrogen-bond donors (Lipinski definition) is 3. The van der Waals surface area contributed by atoms with E-state index in [0.29, 0.717) is 5.69 Å². The minimum Gasteiger partial charge on any atom is -0.399 e. The molecule has 0 saturated heterocycles. The molecule has 0 amide bonds. The zero-order chi connectivity index (χ0) is 12.3. The van der Waals surface area contributed by atoms with Gasteiger partial charge in [-0.2, -0.15) is 5.10 Å². The maximum absolute atomic E-state index is 11.9. The second kappa shape index (κ2) is 4.56. The van der Waals surface area contributed by atoms with Crippen molar-refractivity contribution in [3.05, 3.63) is 42.2 Å². The Morgan fingerprint density at radius 1 is 1.41 bits per heavy atom. The monoisotopic (exact) mass is 252 g/mol. The molecule has 0 fully saturated rings. The fourth-order valence-electron chi connectivity index (χ4n) is 1.32. The number of benzene rings is 1. The molecule has 1 heterocycles. The first kappa shape index (κ1) is 11.6. The molecule has 0 aliphatic rings. The third kappa shape index (κ3) is 2.83. The molecule has 0 bridgehead atoms. The number of nitrogens with zero attached hydrogens (tertiary/aromatic N) is 1. The summed E-state index contributed by atoms with van der Waals surface area (Å²) in [6, 6.07) is 6.14. The van der Waals surface area contributed by atoms with Gasteiger partial charge in [-0.05, 0) is 18.2 Å². The maximum Gasteiger partial charge on any atom is 0.240 e. The van der Waals surface area contributed by atoms with E-state index in [-0.39, 0.29) is 11.4 Å². The number of H-pyrrole nitrogens is 1. The van der Waals surface area contributed by atoms with Gasteiger partial charge in [0.2, 0.25) is 10.0 Å². The number of anilines is 1. The molecule has 4 N–H and O–H groups in total. The van der Waals surface area contributed by atoms with Gasteiger partial charge in [0, 0.05) is 24.0 Å². The molecule has 0 aliphatic carbocycles. The SMILES string of the molecule is Nc1cccc(S(=O)(=O)NCc2cn[nH]c2)c1. The number of nitrogens with two attached hydrogens (primary N) is 1. The summed E-state index contributed by atoms with van der Waals surface area (Å²) in [4.78, 5) is 0.154. The van der Waals surface area contributed by atoms with Crippen LogP contribution in [0.3, 0.4) is 0 Å². The van der Waals surface area contributed by atoms with E-state index in [1.165, 1.54) is 12.1 Å². The van der Waals surface area contributed by atoms with Crippen molar-refractivity contribution >= 4 is 15.7 Å². The average Bonchev–Trinajstić information content (AvgIpc) is 2.79. The third-order valence-corrected chi connectivity index (χ3v) is 3.59. The van der Waals surface area contributed by atoms with Crippen LogP contribution >= 0.6 is 0 Å². The smallest absolute Gasteiger partial charge is 0.240 e. The minimum atomic E-state index is -3.53. The summed E-state index contributed by atoms with van der Waals surface area (Å²) in [6.45, 7) is 0.188. The van der Waals surface area contributed by atoms with E-state index in [4.69, 9.17) is 5.73 Å². The molecular weight excluding hydrogens is 240 g/mol. The molecule has 6 nitrogen and oxygen atoms in total. The molecule has 0 unspecified atom stereocenters. The highest BCUT2D eigenvalue weighted by molar-refractivity contribution is 7.89. The zero-order valence-corrected chi connectivity index (χ0v) is 9.74. The highest BCUT2D eigenvalue weighted by Gasteiger charge is 2.13. The van der Waals surface area contributed by atoms with Gasteiger partial charge in [0.05, 0.1) is 11.1 Å². The lowest BCUT2D eigenvalue weighted by Crippen LogP contribution is -2.23. The molecule has 90 valence electrons. The lowest BCUT2D eigenvalue weighted by atomic mass is 10.3. The van der Waals surface area contributed by atoms with Crippen LogP contribution in [0.2, 0.25) is 0 Å². The van der Waals surface area contributed by atoms with E-state index in [2.05, 4.69) is 14.9 Å². The van der Waals surface area contributed by atoms with E-state index in [0.717, 1.165) is 5.56 Å². The Kier molecular flexibility index (Phi) is 3.12. The molecule has 0 radical (unpaired) electrons. The van der Waals surface area contributed by atoms with Gasteiger partial charge in [-0.1, -0.05) is 6.07 Å². The molecule has 17 heavy (non-hydrogen) atoms. The Morgan fingerprint density at radius 3 is 2.88 bits per heavy atom. The molecule has 1 aromatic carbocycles. The predicted octanol–water partition coefficient (Wildman–Crippen LogP) is 0.470. The van der Waals surface area contributed by atoms with Gasteiger partial charge in [0.25, 0.3) is 0 Å². The topological polar surface area (TPSA) is 101 Å². The van der Waals surface area contributed by atoms with Crippen molar-refractivity contribution in [3.8, 4) is 0 Å². The fourth-order valence-corrected chi connectivity index (χ4v) is 2.39. The van der Waals surface area contributed by atoms with Gasteiger partial charge in [-0.25, -0.2) is 13.1 Å². The van der Waals surface area contributed by atoms with Gasteiger partial charge in [-0.3, -0.25) is 5.10 Å². The first-order valence-electron chi connectivity index (χ1n) is 4.91. The van der Waals surface area contributed by atoms with Crippen molar-refractivity contribution < 1.29 is 8.42 Å². The Hall–Kier alpha value is -1.86. The zero-order valence-electron chi connectivity index (χ0n) is 8.92. The summed E-state index contributed by atoms with van der Waals surface area (Å²) in [5.41, 5.74) is 6.71. The average molecular weight is 252 g/mol. The third-order valence-electron chi connectivity index (χ3n) is 2.19. The number of nitrogens with one attached hydrogen (secondary N) is 2. The van der Waals surface area contributed by atoms with Gasteiger partial charge >= 0.3 is 0 Å². The molecule has 0 atom stereocenters. The van der Waals surface area contributed by atoms with Crippen molar-refractivity contribution in [2.75, 3.05) is 5.73 Å². The summed E-state index contributed by atoms with van der Waals surface area (Å²) in [6.07, 6.45) is 3.18. The van der Waals surface area contributed by atoms with Crippen molar-refractivity contribution in [1.29, 1.82) is 0 Å². The summed E-state index contributed by atoms with van der Waals surface area (Å²) in [7, 11) is -3.53. The standard InChI is InChI=1S/C10H12N4O2S/c11-9-2-1-3-10(4-9)17(15,16)14-7-8-5-12-13-6-8/h1-6,14H,7,11H2,(H,12,13). The number of aromatic nitrogens is 2. The quantitative estimate of drug-likeness (QED) is 0.688. The van der Waals surface area contributed by atoms with Crippen molar-refractivity contribution in [3.63, 3.8) is 0 Å². The number of nitrogen functional groups attached to an aromatic ring is 1. The number of rotatable bonds is 4. The lowest BCUT2D eigenvalue weighted by molar-refractivity contribution is 0.581. The molecule has 0 spiro atoms. The summed E-state index contributed by atoms with van der Waals surface area (Å²) in [5, 5.41) is 6.34. The molecule has 2 rings (SSSR count). The largest absolute Gasteiger partial charge is 0.399 e. The Bertz CT molecular complexity index is 593. The highest BCUT2D eigenvalue weighted by Crippen LogP contribution is 2.12. The predicted molar refractivity (Wildman–Crippen MR) is 63.5 cm³/mol.